The Morgan fingerprint density at radius 3 is 2.60 bits per heavy atom. The van der Waals surface area contributed by atoms with Crippen molar-refractivity contribution in [3.63, 3.8) is 0 Å². The maximum atomic E-state index is 11.2. The van der Waals surface area contributed by atoms with Crippen LogP contribution in [-0.2, 0) is 23.4 Å². The van der Waals surface area contributed by atoms with Crippen LogP contribution in [0.1, 0.15) is 30.9 Å². The standard InChI is InChI=1S/C19H22N2O3S/c1-2-3-12-24-19-20-17-10-6-7-11-18(17)21(19)13-15-8-4-5-9-16(15)14-25(22)23/h4-11H,2-3,12-14H2,1H3,(H,22,23). The van der Waals surface area contributed by atoms with Crippen molar-refractivity contribution in [3.05, 3.63) is 59.7 Å². The minimum Gasteiger partial charge on any atom is -0.465 e. The van der Waals surface area contributed by atoms with Crippen molar-refractivity contribution in [2.45, 2.75) is 32.1 Å². The van der Waals surface area contributed by atoms with E-state index >= 15 is 0 Å². The summed E-state index contributed by atoms with van der Waals surface area (Å²) in [4.78, 5) is 4.60. The number of fused-ring (bicyclic) bond motifs is 1. The summed E-state index contributed by atoms with van der Waals surface area (Å²) in [5.41, 5.74) is 3.74. The fraction of sp³-hybridized carbons (Fsp3) is 0.316. The average Bonchev–Trinajstić information content (AvgIpc) is 2.94. The summed E-state index contributed by atoms with van der Waals surface area (Å²) in [6.45, 7) is 3.30. The molecule has 1 heterocycles. The number of para-hydroxylation sites is 2. The van der Waals surface area contributed by atoms with Gasteiger partial charge in [-0.2, -0.15) is 4.98 Å². The monoisotopic (exact) mass is 358 g/mol. The third-order valence-electron chi connectivity index (χ3n) is 4.07. The second-order valence-corrected chi connectivity index (χ2v) is 6.84. The highest BCUT2D eigenvalue weighted by atomic mass is 32.2. The van der Waals surface area contributed by atoms with Crippen LogP contribution in [0, 0.1) is 0 Å². The van der Waals surface area contributed by atoms with E-state index in [1.807, 2.05) is 53.1 Å². The fourth-order valence-electron chi connectivity index (χ4n) is 2.78. The summed E-state index contributed by atoms with van der Waals surface area (Å²) in [5, 5.41) is 0. The smallest absolute Gasteiger partial charge is 0.297 e. The summed E-state index contributed by atoms with van der Waals surface area (Å²) >= 11 is -1.87. The van der Waals surface area contributed by atoms with E-state index in [-0.39, 0.29) is 5.75 Å². The molecule has 25 heavy (non-hydrogen) atoms. The Balaban J connectivity index is 1.97. The maximum absolute atomic E-state index is 11.2. The zero-order valence-electron chi connectivity index (χ0n) is 14.2. The lowest BCUT2D eigenvalue weighted by atomic mass is 10.1. The van der Waals surface area contributed by atoms with Gasteiger partial charge in [0.25, 0.3) is 6.01 Å². The van der Waals surface area contributed by atoms with Crippen LogP contribution < -0.4 is 4.74 Å². The van der Waals surface area contributed by atoms with Gasteiger partial charge in [-0.05, 0) is 29.7 Å². The van der Waals surface area contributed by atoms with Gasteiger partial charge < -0.3 is 9.29 Å². The van der Waals surface area contributed by atoms with Crippen LogP contribution in [-0.4, -0.2) is 24.9 Å². The first-order valence-corrected chi connectivity index (χ1v) is 9.69. The number of rotatable bonds is 8. The molecule has 0 aliphatic carbocycles. The van der Waals surface area contributed by atoms with Crippen LogP contribution in [0.25, 0.3) is 11.0 Å². The number of nitrogens with zero attached hydrogens (tertiary/aromatic N) is 2. The van der Waals surface area contributed by atoms with Gasteiger partial charge in [-0.15, -0.1) is 0 Å². The normalized spacial score (nSPS) is 12.4. The Labute approximate surface area is 149 Å². The second kappa shape index (κ2) is 8.27. The first-order valence-electron chi connectivity index (χ1n) is 8.41. The summed E-state index contributed by atoms with van der Waals surface area (Å²) in [6, 6.07) is 16.2. The number of hydrogen-bond acceptors (Lipinski definition) is 3. The number of benzene rings is 2. The summed E-state index contributed by atoms with van der Waals surface area (Å²) < 4.78 is 28.4. The summed E-state index contributed by atoms with van der Waals surface area (Å²) in [7, 11) is 0. The van der Waals surface area contributed by atoms with Crippen molar-refractivity contribution >= 4 is 22.1 Å². The van der Waals surface area contributed by atoms with E-state index in [1.165, 1.54) is 0 Å². The largest absolute Gasteiger partial charge is 0.465 e. The highest BCUT2D eigenvalue weighted by Gasteiger charge is 2.14. The quantitative estimate of drug-likeness (QED) is 0.488. The molecule has 1 aromatic heterocycles. The van der Waals surface area contributed by atoms with E-state index in [0.29, 0.717) is 19.2 Å². The second-order valence-electron chi connectivity index (χ2n) is 5.91. The molecule has 0 radical (unpaired) electrons. The SMILES string of the molecule is CCCCOc1nc2ccccc2n1Cc1ccccc1CS(=O)O. The van der Waals surface area contributed by atoms with Crippen molar-refractivity contribution in [1.82, 2.24) is 9.55 Å². The zero-order valence-corrected chi connectivity index (χ0v) is 15.0. The molecule has 2 aromatic carbocycles. The topological polar surface area (TPSA) is 64.4 Å². The Kier molecular flexibility index (Phi) is 5.83. The molecule has 0 spiro atoms. The van der Waals surface area contributed by atoms with Crippen molar-refractivity contribution in [2.24, 2.45) is 0 Å². The van der Waals surface area contributed by atoms with Gasteiger partial charge in [-0.1, -0.05) is 49.7 Å². The molecule has 0 aliphatic rings. The predicted octanol–water partition coefficient (Wildman–Crippen LogP) is 3.99. The molecule has 0 saturated heterocycles. The Morgan fingerprint density at radius 2 is 1.84 bits per heavy atom. The van der Waals surface area contributed by atoms with E-state index in [1.54, 1.807) is 0 Å². The number of ether oxygens (including phenoxy) is 1. The van der Waals surface area contributed by atoms with Crippen LogP contribution in [0.3, 0.4) is 0 Å². The highest BCUT2D eigenvalue weighted by molar-refractivity contribution is 7.78. The van der Waals surface area contributed by atoms with Gasteiger partial charge in [0.1, 0.15) is 0 Å². The molecule has 1 N–H and O–H groups in total. The van der Waals surface area contributed by atoms with Gasteiger partial charge in [-0.3, -0.25) is 4.57 Å². The summed E-state index contributed by atoms with van der Waals surface area (Å²) in [6.07, 6.45) is 2.04. The lowest BCUT2D eigenvalue weighted by Crippen LogP contribution is -2.08. The number of hydrogen-bond donors (Lipinski definition) is 1. The van der Waals surface area contributed by atoms with Gasteiger partial charge in [0.05, 0.1) is 29.9 Å². The first-order chi connectivity index (χ1) is 12.2. The molecule has 1 atom stereocenters. The van der Waals surface area contributed by atoms with Crippen molar-refractivity contribution in [1.29, 1.82) is 0 Å². The molecule has 0 amide bonds. The molecule has 3 rings (SSSR count). The Hall–Kier alpha value is -2.18. The maximum Gasteiger partial charge on any atom is 0.297 e. The van der Waals surface area contributed by atoms with Crippen LogP contribution in [0.15, 0.2) is 48.5 Å². The lowest BCUT2D eigenvalue weighted by Gasteiger charge is -2.13. The minimum atomic E-state index is -1.87. The highest BCUT2D eigenvalue weighted by Crippen LogP contribution is 2.24. The van der Waals surface area contributed by atoms with E-state index in [4.69, 9.17) is 4.74 Å². The van der Waals surface area contributed by atoms with Crippen LogP contribution in [0.4, 0.5) is 0 Å². The van der Waals surface area contributed by atoms with Gasteiger partial charge in [0.2, 0.25) is 0 Å². The molecule has 0 aliphatic heterocycles. The van der Waals surface area contributed by atoms with E-state index in [9.17, 15) is 8.76 Å². The summed E-state index contributed by atoms with van der Waals surface area (Å²) in [5.74, 6) is 0.120. The van der Waals surface area contributed by atoms with Crippen LogP contribution >= 0.6 is 0 Å². The molecule has 132 valence electrons. The van der Waals surface area contributed by atoms with Gasteiger partial charge in [0.15, 0.2) is 11.1 Å². The zero-order chi connectivity index (χ0) is 17.6. The predicted molar refractivity (Wildman–Crippen MR) is 100 cm³/mol. The molecule has 0 bridgehead atoms. The van der Waals surface area contributed by atoms with E-state index in [0.717, 1.165) is 35.0 Å². The van der Waals surface area contributed by atoms with Gasteiger partial charge >= 0.3 is 0 Å². The number of aromatic nitrogens is 2. The minimum absolute atomic E-state index is 0.120. The molecule has 0 saturated carbocycles. The third kappa shape index (κ3) is 4.27. The fourth-order valence-corrected chi connectivity index (χ4v) is 3.33. The number of unbranched alkanes of at least 4 members (excludes halogenated alkanes) is 1. The molecule has 1 unspecified atom stereocenters. The molecule has 0 fully saturated rings. The van der Waals surface area contributed by atoms with Crippen LogP contribution in [0.5, 0.6) is 6.01 Å². The van der Waals surface area contributed by atoms with Crippen LogP contribution in [0.2, 0.25) is 0 Å². The first kappa shape index (κ1) is 17.6. The molecule has 3 aromatic rings. The van der Waals surface area contributed by atoms with Crippen molar-refractivity contribution in [3.8, 4) is 6.01 Å². The van der Waals surface area contributed by atoms with Crippen molar-refractivity contribution in [2.75, 3.05) is 6.61 Å². The van der Waals surface area contributed by atoms with Gasteiger partial charge in [0, 0.05) is 0 Å². The Morgan fingerprint density at radius 1 is 1.12 bits per heavy atom. The van der Waals surface area contributed by atoms with E-state index < -0.39 is 11.1 Å². The molecular weight excluding hydrogens is 336 g/mol. The third-order valence-corrected chi connectivity index (χ3v) is 4.63. The molecule has 6 heteroatoms. The van der Waals surface area contributed by atoms with Crippen molar-refractivity contribution < 1.29 is 13.5 Å². The Bertz CT molecular complexity index is 876. The molecule has 5 nitrogen and oxygen atoms in total. The van der Waals surface area contributed by atoms with E-state index in [2.05, 4.69) is 11.9 Å². The molecular formula is C19H22N2O3S. The average molecular weight is 358 g/mol. The van der Waals surface area contributed by atoms with Gasteiger partial charge in [-0.25, -0.2) is 4.21 Å². The lowest BCUT2D eigenvalue weighted by molar-refractivity contribution is 0.275. The number of imidazole rings is 1.